The van der Waals surface area contributed by atoms with Gasteiger partial charge in [0.25, 0.3) is 0 Å². The second-order valence-corrected chi connectivity index (χ2v) is 3.20. The summed E-state index contributed by atoms with van der Waals surface area (Å²) in [7, 11) is 0. The van der Waals surface area contributed by atoms with Gasteiger partial charge in [0.1, 0.15) is 5.76 Å². The Morgan fingerprint density at radius 3 is 2.92 bits per heavy atom. The molecule has 13 heavy (non-hydrogen) atoms. The molecule has 0 bridgehead atoms. The highest BCUT2D eigenvalue weighted by Gasteiger charge is 2.07. The Labute approximate surface area is 80.1 Å². The van der Waals surface area contributed by atoms with Crippen LogP contribution in [0.25, 0.3) is 10.8 Å². The fraction of sp³-hybridized carbons (Fsp3) is 0.100. The van der Waals surface area contributed by atoms with Crippen LogP contribution in [0.2, 0.25) is 0 Å². The zero-order valence-electron chi connectivity index (χ0n) is 6.79. The number of furan rings is 1. The molecule has 0 aliphatic carbocycles. The van der Waals surface area contributed by atoms with E-state index in [9.17, 15) is 4.79 Å². The number of rotatable bonds is 2. The van der Waals surface area contributed by atoms with Crippen molar-refractivity contribution < 1.29 is 9.21 Å². The largest absolute Gasteiger partial charge is 0.468 e. The van der Waals surface area contributed by atoms with Gasteiger partial charge in [-0.2, -0.15) is 0 Å². The van der Waals surface area contributed by atoms with Crippen molar-refractivity contribution >= 4 is 27.6 Å². The molecule has 1 heterocycles. The summed E-state index contributed by atoms with van der Waals surface area (Å²) in [4.78, 5) is 10.7. The van der Waals surface area contributed by atoms with Crippen LogP contribution in [-0.4, -0.2) is 5.24 Å². The van der Waals surface area contributed by atoms with E-state index in [4.69, 9.17) is 16.0 Å². The summed E-state index contributed by atoms with van der Waals surface area (Å²) in [5.74, 6) is 0.635. The van der Waals surface area contributed by atoms with E-state index in [0.29, 0.717) is 5.76 Å². The van der Waals surface area contributed by atoms with Crippen molar-refractivity contribution in [3.63, 3.8) is 0 Å². The molecule has 2 aromatic rings. The van der Waals surface area contributed by atoms with Crippen LogP contribution in [0.5, 0.6) is 0 Å². The van der Waals surface area contributed by atoms with Gasteiger partial charge in [0.2, 0.25) is 5.24 Å². The highest BCUT2D eigenvalue weighted by atomic mass is 35.5. The van der Waals surface area contributed by atoms with Crippen LogP contribution in [0.3, 0.4) is 0 Å². The lowest BCUT2D eigenvalue weighted by Gasteiger charge is -1.91. The minimum absolute atomic E-state index is 0.148. The van der Waals surface area contributed by atoms with Gasteiger partial charge >= 0.3 is 0 Å². The molecular formula is C10H7ClO2. The minimum atomic E-state index is -0.403. The van der Waals surface area contributed by atoms with Gasteiger partial charge in [-0.05, 0) is 11.6 Å². The van der Waals surface area contributed by atoms with Crippen molar-refractivity contribution in [3.8, 4) is 0 Å². The van der Waals surface area contributed by atoms with E-state index in [-0.39, 0.29) is 6.42 Å². The third kappa shape index (κ3) is 1.58. The first-order valence-electron chi connectivity index (χ1n) is 3.91. The van der Waals surface area contributed by atoms with E-state index in [2.05, 4.69) is 0 Å². The van der Waals surface area contributed by atoms with Crippen molar-refractivity contribution in [1.29, 1.82) is 0 Å². The summed E-state index contributed by atoms with van der Waals surface area (Å²) >= 11 is 5.27. The molecule has 2 rings (SSSR count). The first-order chi connectivity index (χ1) is 6.27. The molecule has 0 saturated heterocycles. The SMILES string of the molecule is O=C(Cl)Cc1occ2ccccc12. The monoisotopic (exact) mass is 194 g/mol. The van der Waals surface area contributed by atoms with E-state index in [1.165, 1.54) is 0 Å². The van der Waals surface area contributed by atoms with Gasteiger partial charge in [-0.1, -0.05) is 24.3 Å². The number of carbonyl (C=O) groups is 1. The van der Waals surface area contributed by atoms with Gasteiger partial charge in [0.05, 0.1) is 12.7 Å². The molecule has 3 heteroatoms. The average molecular weight is 195 g/mol. The van der Waals surface area contributed by atoms with Crippen LogP contribution < -0.4 is 0 Å². The zero-order valence-corrected chi connectivity index (χ0v) is 7.54. The molecule has 1 aromatic heterocycles. The number of hydrogen-bond acceptors (Lipinski definition) is 2. The second-order valence-electron chi connectivity index (χ2n) is 2.78. The standard InChI is InChI=1S/C10H7ClO2/c11-10(12)5-9-8-4-2-1-3-7(8)6-13-9/h1-4,6H,5H2. The lowest BCUT2D eigenvalue weighted by atomic mass is 10.1. The maximum Gasteiger partial charge on any atom is 0.229 e. The molecule has 1 aromatic carbocycles. The van der Waals surface area contributed by atoms with Crippen LogP contribution in [0, 0.1) is 0 Å². The Morgan fingerprint density at radius 2 is 2.15 bits per heavy atom. The molecule has 0 unspecified atom stereocenters. The Hall–Kier alpha value is -1.28. The summed E-state index contributed by atoms with van der Waals surface area (Å²) in [5, 5.41) is 1.55. The topological polar surface area (TPSA) is 30.2 Å². The van der Waals surface area contributed by atoms with Crippen molar-refractivity contribution in [2.24, 2.45) is 0 Å². The van der Waals surface area contributed by atoms with Crippen LogP contribution in [0.1, 0.15) is 5.76 Å². The van der Waals surface area contributed by atoms with Gasteiger partial charge in [-0.25, -0.2) is 0 Å². The highest BCUT2D eigenvalue weighted by Crippen LogP contribution is 2.21. The summed E-state index contributed by atoms with van der Waals surface area (Å²) in [6, 6.07) is 7.67. The van der Waals surface area contributed by atoms with Gasteiger partial charge in [-0.15, -0.1) is 0 Å². The number of benzene rings is 1. The lowest BCUT2D eigenvalue weighted by molar-refractivity contribution is -0.111. The maximum atomic E-state index is 10.7. The van der Waals surface area contributed by atoms with Crippen LogP contribution in [-0.2, 0) is 11.2 Å². The molecule has 0 fully saturated rings. The van der Waals surface area contributed by atoms with E-state index < -0.39 is 5.24 Å². The quantitative estimate of drug-likeness (QED) is 0.689. The number of hydrogen-bond donors (Lipinski definition) is 0. The average Bonchev–Trinajstić information content (AvgIpc) is 2.48. The third-order valence-electron chi connectivity index (χ3n) is 1.89. The third-order valence-corrected chi connectivity index (χ3v) is 2.02. The van der Waals surface area contributed by atoms with Crippen molar-refractivity contribution in [3.05, 3.63) is 36.3 Å². The van der Waals surface area contributed by atoms with E-state index in [0.717, 1.165) is 10.8 Å². The molecule has 0 amide bonds. The van der Waals surface area contributed by atoms with E-state index >= 15 is 0 Å². The van der Waals surface area contributed by atoms with E-state index in [1.54, 1.807) is 6.26 Å². The maximum absolute atomic E-state index is 10.7. The van der Waals surface area contributed by atoms with Crippen molar-refractivity contribution in [2.45, 2.75) is 6.42 Å². The van der Waals surface area contributed by atoms with E-state index in [1.807, 2.05) is 24.3 Å². The molecule has 2 nitrogen and oxygen atoms in total. The van der Waals surface area contributed by atoms with Gasteiger partial charge in [0, 0.05) is 10.8 Å². The Kier molecular flexibility index (Phi) is 2.07. The summed E-state index contributed by atoms with van der Waals surface area (Å²) < 4.78 is 5.22. The Morgan fingerprint density at radius 1 is 1.38 bits per heavy atom. The summed E-state index contributed by atoms with van der Waals surface area (Å²) in [5.41, 5.74) is 0. The van der Waals surface area contributed by atoms with Gasteiger partial charge < -0.3 is 4.42 Å². The van der Waals surface area contributed by atoms with Crippen molar-refractivity contribution in [1.82, 2.24) is 0 Å². The summed E-state index contributed by atoms with van der Waals surface area (Å²) in [6.45, 7) is 0. The fourth-order valence-corrected chi connectivity index (χ4v) is 1.44. The molecule has 0 aliphatic rings. The molecule has 0 N–H and O–H groups in total. The highest BCUT2D eigenvalue weighted by molar-refractivity contribution is 6.63. The Balaban J connectivity index is 2.51. The molecular weight excluding hydrogens is 188 g/mol. The molecule has 0 atom stereocenters. The number of fused-ring (bicyclic) bond motifs is 1. The predicted molar refractivity (Wildman–Crippen MR) is 50.8 cm³/mol. The van der Waals surface area contributed by atoms with Gasteiger partial charge in [0.15, 0.2) is 0 Å². The second kappa shape index (κ2) is 3.23. The first kappa shape index (κ1) is 8.32. The minimum Gasteiger partial charge on any atom is -0.468 e. The molecule has 0 saturated carbocycles. The molecule has 0 spiro atoms. The Bertz CT molecular complexity index is 445. The predicted octanol–water partition coefficient (Wildman–Crippen LogP) is 2.74. The molecule has 0 aliphatic heterocycles. The van der Waals surface area contributed by atoms with Gasteiger partial charge in [-0.3, -0.25) is 4.79 Å². The van der Waals surface area contributed by atoms with Crippen LogP contribution >= 0.6 is 11.6 Å². The van der Waals surface area contributed by atoms with Crippen LogP contribution in [0.15, 0.2) is 34.9 Å². The normalized spacial score (nSPS) is 10.5. The number of halogens is 1. The zero-order chi connectivity index (χ0) is 9.26. The van der Waals surface area contributed by atoms with Crippen LogP contribution in [0.4, 0.5) is 0 Å². The molecule has 66 valence electrons. The van der Waals surface area contributed by atoms with Crippen molar-refractivity contribution in [2.75, 3.05) is 0 Å². The lowest BCUT2D eigenvalue weighted by Crippen LogP contribution is -1.91. The summed E-state index contributed by atoms with van der Waals surface area (Å²) in [6.07, 6.45) is 1.78. The first-order valence-corrected chi connectivity index (χ1v) is 4.28. The molecule has 0 radical (unpaired) electrons. The fourth-order valence-electron chi connectivity index (χ4n) is 1.31. The smallest absolute Gasteiger partial charge is 0.229 e. The number of carbonyl (C=O) groups excluding carboxylic acids is 1.